The smallest absolute Gasteiger partial charge is 0.243 e. The van der Waals surface area contributed by atoms with Gasteiger partial charge in [-0.3, -0.25) is 4.79 Å². The number of hydrogen-bond acceptors (Lipinski definition) is 5. The number of amides is 1. The van der Waals surface area contributed by atoms with Gasteiger partial charge in [0.05, 0.1) is 20.7 Å². The van der Waals surface area contributed by atoms with E-state index in [1.165, 1.54) is 16.1 Å². The molecule has 1 amide bonds. The summed E-state index contributed by atoms with van der Waals surface area (Å²) in [4.78, 5) is 17.7. The summed E-state index contributed by atoms with van der Waals surface area (Å²) in [6.07, 6.45) is 0. The van der Waals surface area contributed by atoms with Crippen molar-refractivity contribution in [3.05, 3.63) is 59.2 Å². The highest BCUT2D eigenvalue weighted by molar-refractivity contribution is 8.00. The zero-order valence-electron chi connectivity index (χ0n) is 20.0. The van der Waals surface area contributed by atoms with E-state index in [0.717, 1.165) is 32.8 Å². The quantitative estimate of drug-likeness (QED) is 0.438. The largest absolute Gasteiger partial charge is 0.325 e. The lowest BCUT2D eigenvalue weighted by Gasteiger charge is -2.19. The lowest BCUT2D eigenvalue weighted by atomic mass is 10.1. The number of aromatic nitrogens is 1. The Morgan fingerprint density at radius 1 is 1.03 bits per heavy atom. The first-order valence-corrected chi connectivity index (χ1v) is 13.3. The molecule has 0 saturated heterocycles. The van der Waals surface area contributed by atoms with Crippen molar-refractivity contribution >= 4 is 44.3 Å². The van der Waals surface area contributed by atoms with Crippen molar-refractivity contribution in [2.75, 3.05) is 18.4 Å². The Hall–Kier alpha value is -2.42. The molecule has 8 heteroatoms. The zero-order valence-corrected chi connectivity index (χ0v) is 21.6. The van der Waals surface area contributed by atoms with Gasteiger partial charge in [0.15, 0.2) is 0 Å². The molecule has 0 fully saturated rings. The molecule has 1 unspecified atom stereocenters. The van der Waals surface area contributed by atoms with Gasteiger partial charge in [0.2, 0.25) is 15.9 Å². The van der Waals surface area contributed by atoms with Crippen LogP contribution in [0.2, 0.25) is 0 Å². The maximum atomic E-state index is 12.9. The monoisotopic (exact) mass is 485 g/mol. The molecule has 0 saturated carbocycles. The van der Waals surface area contributed by atoms with Gasteiger partial charge in [-0.15, -0.1) is 0 Å². The van der Waals surface area contributed by atoms with Crippen LogP contribution < -0.4 is 5.32 Å². The molecule has 6 nitrogen and oxygen atoms in total. The summed E-state index contributed by atoms with van der Waals surface area (Å²) in [5.41, 5.74) is 4.54. The van der Waals surface area contributed by atoms with Gasteiger partial charge in [-0.2, -0.15) is 4.31 Å². The van der Waals surface area contributed by atoms with Crippen LogP contribution in [0.5, 0.6) is 0 Å². The summed E-state index contributed by atoms with van der Waals surface area (Å²) in [6, 6.07) is 12.9. The topological polar surface area (TPSA) is 79.4 Å². The molecule has 0 aliphatic rings. The standard InChI is InChI=1S/C25H31N3O3S2/c1-7-28(8-2)33(30,31)20-11-12-22-21(15-20)18(5)14-24(26-22)32-19(6)25(29)27-23-13-16(3)9-10-17(23)4/h9-15,19H,7-8H2,1-6H3,(H,27,29). The van der Waals surface area contributed by atoms with Gasteiger partial charge >= 0.3 is 0 Å². The minimum absolute atomic E-state index is 0.0890. The van der Waals surface area contributed by atoms with Crippen LogP contribution in [0, 0.1) is 20.8 Å². The van der Waals surface area contributed by atoms with E-state index >= 15 is 0 Å². The van der Waals surface area contributed by atoms with E-state index in [4.69, 9.17) is 0 Å². The van der Waals surface area contributed by atoms with Gasteiger partial charge in [0, 0.05) is 24.2 Å². The number of thioether (sulfide) groups is 1. The first-order valence-electron chi connectivity index (χ1n) is 11.0. The second-order valence-electron chi connectivity index (χ2n) is 8.11. The third-order valence-electron chi connectivity index (χ3n) is 5.62. The predicted molar refractivity (Wildman–Crippen MR) is 136 cm³/mol. The van der Waals surface area contributed by atoms with Crippen LogP contribution in [0.3, 0.4) is 0 Å². The summed E-state index contributed by atoms with van der Waals surface area (Å²) >= 11 is 1.38. The highest BCUT2D eigenvalue weighted by Crippen LogP contribution is 2.29. The summed E-state index contributed by atoms with van der Waals surface area (Å²) in [5, 5.41) is 4.18. The van der Waals surface area contributed by atoms with Crippen LogP contribution in [-0.4, -0.2) is 42.0 Å². The van der Waals surface area contributed by atoms with Crippen molar-refractivity contribution in [2.24, 2.45) is 0 Å². The van der Waals surface area contributed by atoms with E-state index in [1.807, 2.05) is 65.8 Å². The third-order valence-corrected chi connectivity index (χ3v) is 8.69. The molecule has 1 N–H and O–H groups in total. The molecule has 33 heavy (non-hydrogen) atoms. The average molecular weight is 486 g/mol. The number of anilines is 1. The Labute approximate surface area is 200 Å². The Morgan fingerprint density at radius 2 is 1.73 bits per heavy atom. The molecule has 176 valence electrons. The number of carbonyl (C=O) groups excluding carboxylic acids is 1. The number of rotatable bonds is 8. The Kier molecular flexibility index (Phi) is 7.82. The van der Waals surface area contributed by atoms with Crippen LogP contribution in [0.15, 0.2) is 52.4 Å². The number of aryl methyl sites for hydroxylation is 3. The highest BCUT2D eigenvalue weighted by Gasteiger charge is 2.23. The van der Waals surface area contributed by atoms with Gasteiger partial charge in [0.25, 0.3) is 0 Å². The van der Waals surface area contributed by atoms with Crippen molar-refractivity contribution in [3.8, 4) is 0 Å². The molecule has 0 aliphatic carbocycles. The van der Waals surface area contributed by atoms with Crippen molar-refractivity contribution in [1.29, 1.82) is 0 Å². The van der Waals surface area contributed by atoms with E-state index in [0.29, 0.717) is 18.6 Å². The van der Waals surface area contributed by atoms with Crippen molar-refractivity contribution in [3.63, 3.8) is 0 Å². The number of sulfonamides is 1. The number of nitrogens with zero attached hydrogens (tertiary/aromatic N) is 2. The SMILES string of the molecule is CCN(CC)S(=O)(=O)c1ccc2nc(SC(C)C(=O)Nc3cc(C)ccc3C)cc(C)c2c1. The van der Waals surface area contributed by atoms with Gasteiger partial charge < -0.3 is 5.32 Å². The average Bonchev–Trinajstić information content (AvgIpc) is 2.76. The number of nitrogens with one attached hydrogen (secondary N) is 1. The minimum Gasteiger partial charge on any atom is -0.325 e. The second-order valence-corrected chi connectivity index (χ2v) is 11.4. The number of benzene rings is 2. The van der Waals surface area contributed by atoms with Gasteiger partial charge in [0.1, 0.15) is 0 Å². The summed E-state index contributed by atoms with van der Waals surface area (Å²) in [7, 11) is -3.54. The first-order chi connectivity index (χ1) is 15.6. The van der Waals surface area contributed by atoms with Crippen molar-refractivity contribution in [2.45, 2.75) is 56.7 Å². The molecule has 1 heterocycles. The molecule has 0 aliphatic heterocycles. The number of fused-ring (bicyclic) bond motifs is 1. The van der Waals surface area contributed by atoms with Gasteiger partial charge in [-0.05, 0) is 74.7 Å². The third kappa shape index (κ3) is 5.57. The predicted octanol–water partition coefficient (Wildman–Crippen LogP) is 5.31. The number of carbonyl (C=O) groups is 1. The Bertz CT molecular complexity index is 1290. The molecule has 0 spiro atoms. The Morgan fingerprint density at radius 3 is 2.39 bits per heavy atom. The number of hydrogen-bond donors (Lipinski definition) is 1. The molecule has 3 rings (SSSR count). The first kappa shape index (κ1) is 25.2. The maximum Gasteiger partial charge on any atom is 0.243 e. The molecule has 3 aromatic rings. The fourth-order valence-corrected chi connectivity index (χ4v) is 6.02. The molecular weight excluding hydrogens is 454 g/mol. The van der Waals surface area contributed by atoms with Crippen molar-refractivity contribution in [1.82, 2.24) is 9.29 Å². The fourth-order valence-electron chi connectivity index (χ4n) is 3.62. The Balaban J connectivity index is 1.83. The van der Waals surface area contributed by atoms with Crippen LogP contribution >= 0.6 is 11.8 Å². The summed E-state index contributed by atoms with van der Waals surface area (Å²) < 4.78 is 27.2. The highest BCUT2D eigenvalue weighted by atomic mass is 32.2. The molecule has 0 bridgehead atoms. The lowest BCUT2D eigenvalue weighted by molar-refractivity contribution is -0.115. The van der Waals surface area contributed by atoms with E-state index in [9.17, 15) is 13.2 Å². The minimum atomic E-state index is -3.54. The summed E-state index contributed by atoms with van der Waals surface area (Å²) in [6.45, 7) is 12.3. The van der Waals surface area contributed by atoms with Crippen LogP contribution in [-0.2, 0) is 14.8 Å². The molecule has 1 aromatic heterocycles. The molecule has 2 aromatic carbocycles. The fraction of sp³-hybridized carbons (Fsp3) is 0.360. The zero-order chi connectivity index (χ0) is 24.3. The second kappa shape index (κ2) is 10.2. The van der Waals surface area contributed by atoms with Crippen LogP contribution in [0.4, 0.5) is 5.69 Å². The maximum absolute atomic E-state index is 12.9. The molecule has 1 atom stereocenters. The molecule has 0 radical (unpaired) electrons. The van der Waals surface area contributed by atoms with E-state index in [-0.39, 0.29) is 16.1 Å². The van der Waals surface area contributed by atoms with Crippen molar-refractivity contribution < 1.29 is 13.2 Å². The van der Waals surface area contributed by atoms with E-state index < -0.39 is 10.0 Å². The van der Waals surface area contributed by atoms with Gasteiger partial charge in [-0.1, -0.05) is 37.7 Å². The van der Waals surface area contributed by atoms with Crippen LogP contribution in [0.1, 0.15) is 37.5 Å². The molecular formula is C25H31N3O3S2. The lowest BCUT2D eigenvalue weighted by Crippen LogP contribution is -2.30. The van der Waals surface area contributed by atoms with Crippen LogP contribution in [0.25, 0.3) is 10.9 Å². The number of pyridine rings is 1. The normalized spacial score (nSPS) is 12.8. The van der Waals surface area contributed by atoms with E-state index in [1.54, 1.807) is 18.2 Å². The van der Waals surface area contributed by atoms with Gasteiger partial charge in [-0.25, -0.2) is 13.4 Å². The van der Waals surface area contributed by atoms with E-state index in [2.05, 4.69) is 10.3 Å². The summed E-state index contributed by atoms with van der Waals surface area (Å²) in [5.74, 6) is -0.0890.